The summed E-state index contributed by atoms with van der Waals surface area (Å²) in [7, 11) is 0. The van der Waals surface area contributed by atoms with Gasteiger partial charge in [0.15, 0.2) is 0 Å². The van der Waals surface area contributed by atoms with Gasteiger partial charge < -0.3 is 9.80 Å². The molecule has 1 aromatic heterocycles. The molecular formula is C24H25N3O. The number of hydrogen-bond donors (Lipinski definition) is 0. The number of aromatic nitrogens is 1. The van der Waals surface area contributed by atoms with Crippen LogP contribution in [0.3, 0.4) is 0 Å². The number of nitrogens with zero attached hydrogens (tertiary/aromatic N) is 3. The van der Waals surface area contributed by atoms with Crippen molar-refractivity contribution in [2.45, 2.75) is 32.9 Å². The summed E-state index contributed by atoms with van der Waals surface area (Å²) in [5.74, 6) is -0.0345. The first-order valence-electron chi connectivity index (χ1n) is 9.83. The number of benzene rings is 2. The summed E-state index contributed by atoms with van der Waals surface area (Å²) in [6.45, 7) is 5.46. The molecule has 3 aromatic rings. The van der Waals surface area contributed by atoms with E-state index in [1.807, 2.05) is 60.5 Å². The summed E-state index contributed by atoms with van der Waals surface area (Å²) >= 11 is 0. The second-order valence-corrected chi connectivity index (χ2v) is 7.26. The van der Waals surface area contributed by atoms with Crippen LogP contribution < -0.4 is 4.90 Å². The number of carbonyl (C=O) groups excluding carboxylic acids is 1. The van der Waals surface area contributed by atoms with Crippen LogP contribution in [0.15, 0.2) is 72.9 Å². The van der Waals surface area contributed by atoms with Crippen LogP contribution in [0.25, 0.3) is 0 Å². The van der Waals surface area contributed by atoms with Crippen molar-refractivity contribution < 1.29 is 4.79 Å². The first-order chi connectivity index (χ1) is 13.7. The first-order valence-corrected chi connectivity index (χ1v) is 9.83. The first kappa shape index (κ1) is 18.2. The van der Waals surface area contributed by atoms with E-state index in [4.69, 9.17) is 0 Å². The van der Waals surface area contributed by atoms with Crippen LogP contribution in [0, 0.1) is 0 Å². The molecule has 1 aliphatic rings. The van der Waals surface area contributed by atoms with E-state index in [1.54, 1.807) is 0 Å². The molecule has 4 nitrogen and oxygen atoms in total. The van der Waals surface area contributed by atoms with E-state index in [0.29, 0.717) is 24.8 Å². The minimum absolute atomic E-state index is 0.0345. The predicted octanol–water partition coefficient (Wildman–Crippen LogP) is 4.83. The normalized spacial score (nSPS) is 15.4. The van der Waals surface area contributed by atoms with Gasteiger partial charge in [0.25, 0.3) is 5.91 Å². The topological polar surface area (TPSA) is 36.4 Å². The summed E-state index contributed by atoms with van der Waals surface area (Å²) in [5, 5.41) is 0. The van der Waals surface area contributed by atoms with Gasteiger partial charge in [-0.1, -0.05) is 48.5 Å². The molecule has 28 heavy (non-hydrogen) atoms. The molecule has 1 amide bonds. The van der Waals surface area contributed by atoms with Crippen LogP contribution in [0.4, 0.5) is 11.4 Å². The molecule has 0 saturated carbocycles. The minimum atomic E-state index is -0.0345. The SMILES string of the molecule is CCN(Cc1ccccc1)C(=O)c1ccc(N2c3ccccc3CC2C)cn1. The van der Waals surface area contributed by atoms with Crippen molar-refractivity contribution in [1.29, 1.82) is 0 Å². The molecule has 0 spiro atoms. The summed E-state index contributed by atoms with van der Waals surface area (Å²) in [4.78, 5) is 21.6. The van der Waals surface area contributed by atoms with Crippen LogP contribution in [0.5, 0.6) is 0 Å². The van der Waals surface area contributed by atoms with Gasteiger partial charge in [-0.25, -0.2) is 4.98 Å². The Bertz CT molecular complexity index is 953. The Morgan fingerprint density at radius 2 is 1.82 bits per heavy atom. The molecule has 0 aliphatic carbocycles. The maximum absolute atomic E-state index is 12.9. The van der Waals surface area contributed by atoms with Crippen molar-refractivity contribution in [2.75, 3.05) is 11.4 Å². The minimum Gasteiger partial charge on any atom is -0.337 e. The zero-order valence-electron chi connectivity index (χ0n) is 16.4. The van der Waals surface area contributed by atoms with Crippen LogP contribution in [-0.2, 0) is 13.0 Å². The summed E-state index contributed by atoms with van der Waals surface area (Å²) in [6.07, 6.45) is 2.85. The fourth-order valence-electron chi connectivity index (χ4n) is 3.91. The van der Waals surface area contributed by atoms with E-state index in [0.717, 1.165) is 17.7 Å². The summed E-state index contributed by atoms with van der Waals surface area (Å²) in [5.41, 5.74) is 5.23. The van der Waals surface area contributed by atoms with E-state index in [1.165, 1.54) is 11.3 Å². The van der Waals surface area contributed by atoms with Gasteiger partial charge in [-0.15, -0.1) is 0 Å². The van der Waals surface area contributed by atoms with Crippen LogP contribution in [0.2, 0.25) is 0 Å². The van der Waals surface area contributed by atoms with Crippen LogP contribution in [-0.4, -0.2) is 28.4 Å². The highest BCUT2D eigenvalue weighted by atomic mass is 16.2. The number of hydrogen-bond acceptors (Lipinski definition) is 3. The molecule has 4 heteroatoms. The highest BCUT2D eigenvalue weighted by Gasteiger charge is 2.27. The largest absolute Gasteiger partial charge is 0.337 e. The lowest BCUT2D eigenvalue weighted by atomic mass is 10.1. The number of rotatable bonds is 5. The van der Waals surface area contributed by atoms with Crippen LogP contribution >= 0.6 is 0 Å². The molecule has 142 valence electrons. The lowest BCUT2D eigenvalue weighted by Gasteiger charge is -2.25. The molecule has 2 heterocycles. The highest BCUT2D eigenvalue weighted by molar-refractivity contribution is 5.92. The van der Waals surface area contributed by atoms with Gasteiger partial charge in [0.05, 0.1) is 11.9 Å². The average Bonchev–Trinajstić information content (AvgIpc) is 3.08. The molecule has 0 bridgehead atoms. The van der Waals surface area contributed by atoms with E-state index >= 15 is 0 Å². The standard InChI is InChI=1S/C24H25N3O/c1-3-26(17-19-9-5-4-6-10-19)24(28)22-14-13-21(16-25-22)27-18(2)15-20-11-7-8-12-23(20)27/h4-14,16,18H,3,15,17H2,1-2H3. The maximum Gasteiger partial charge on any atom is 0.272 e. The van der Waals surface area contributed by atoms with E-state index < -0.39 is 0 Å². The van der Waals surface area contributed by atoms with Gasteiger partial charge in [0, 0.05) is 24.8 Å². The van der Waals surface area contributed by atoms with Crippen molar-refractivity contribution in [1.82, 2.24) is 9.88 Å². The number of carbonyl (C=O) groups is 1. The molecule has 0 N–H and O–H groups in total. The molecule has 0 saturated heterocycles. The predicted molar refractivity (Wildman–Crippen MR) is 113 cm³/mol. The number of anilines is 2. The zero-order chi connectivity index (χ0) is 19.5. The second-order valence-electron chi connectivity index (χ2n) is 7.26. The number of fused-ring (bicyclic) bond motifs is 1. The quantitative estimate of drug-likeness (QED) is 0.645. The van der Waals surface area contributed by atoms with E-state index in [-0.39, 0.29) is 5.91 Å². The Morgan fingerprint density at radius 3 is 2.54 bits per heavy atom. The Hall–Kier alpha value is -3.14. The monoisotopic (exact) mass is 371 g/mol. The van der Waals surface area contributed by atoms with Crippen molar-refractivity contribution in [3.63, 3.8) is 0 Å². The van der Waals surface area contributed by atoms with Gasteiger partial charge in [-0.2, -0.15) is 0 Å². The van der Waals surface area contributed by atoms with Crippen molar-refractivity contribution in [2.24, 2.45) is 0 Å². The Kier molecular flexibility index (Phi) is 5.11. The van der Waals surface area contributed by atoms with Crippen LogP contribution in [0.1, 0.15) is 35.5 Å². The lowest BCUT2D eigenvalue weighted by molar-refractivity contribution is 0.0746. The second kappa shape index (κ2) is 7.85. The van der Waals surface area contributed by atoms with Gasteiger partial charge in [-0.3, -0.25) is 4.79 Å². The van der Waals surface area contributed by atoms with Gasteiger partial charge in [-0.05, 0) is 49.6 Å². The molecular weight excluding hydrogens is 346 g/mol. The molecule has 1 atom stereocenters. The molecule has 0 fully saturated rings. The van der Waals surface area contributed by atoms with Crippen molar-refractivity contribution in [3.8, 4) is 0 Å². The van der Waals surface area contributed by atoms with Crippen molar-refractivity contribution in [3.05, 3.63) is 89.7 Å². The number of para-hydroxylation sites is 1. The van der Waals surface area contributed by atoms with E-state index in [2.05, 4.69) is 41.1 Å². The summed E-state index contributed by atoms with van der Waals surface area (Å²) < 4.78 is 0. The third-order valence-corrected chi connectivity index (χ3v) is 5.34. The smallest absolute Gasteiger partial charge is 0.272 e. The lowest BCUT2D eigenvalue weighted by Crippen LogP contribution is -2.31. The molecule has 1 aliphatic heterocycles. The van der Waals surface area contributed by atoms with E-state index in [9.17, 15) is 4.79 Å². The number of amides is 1. The average molecular weight is 371 g/mol. The Balaban J connectivity index is 1.53. The third-order valence-electron chi connectivity index (χ3n) is 5.34. The fraction of sp³-hybridized carbons (Fsp3) is 0.250. The van der Waals surface area contributed by atoms with Gasteiger partial charge >= 0.3 is 0 Å². The molecule has 1 unspecified atom stereocenters. The third kappa shape index (κ3) is 3.50. The maximum atomic E-state index is 12.9. The Labute approximate surface area is 166 Å². The number of pyridine rings is 1. The zero-order valence-corrected chi connectivity index (χ0v) is 16.4. The Morgan fingerprint density at radius 1 is 1.07 bits per heavy atom. The van der Waals surface area contributed by atoms with Gasteiger partial charge in [0.2, 0.25) is 0 Å². The highest BCUT2D eigenvalue weighted by Crippen LogP contribution is 2.37. The molecule has 0 radical (unpaired) electrons. The van der Waals surface area contributed by atoms with Gasteiger partial charge in [0.1, 0.15) is 5.69 Å². The molecule has 4 rings (SSSR count). The fourth-order valence-corrected chi connectivity index (χ4v) is 3.91. The summed E-state index contributed by atoms with van der Waals surface area (Å²) in [6, 6.07) is 22.8. The molecule has 2 aromatic carbocycles. The van der Waals surface area contributed by atoms with Crippen molar-refractivity contribution >= 4 is 17.3 Å².